The van der Waals surface area contributed by atoms with Crippen LogP contribution in [0.1, 0.15) is 25.3 Å². The Morgan fingerprint density at radius 2 is 2.06 bits per heavy atom. The van der Waals surface area contributed by atoms with E-state index in [1.165, 1.54) is 18.2 Å². The van der Waals surface area contributed by atoms with E-state index in [-0.39, 0.29) is 24.6 Å². The quantitative estimate of drug-likeness (QED) is 0.820. The molecule has 0 unspecified atom stereocenters. The molecule has 4 nitrogen and oxygen atoms in total. The maximum Gasteiger partial charge on any atom is 0.306 e. The maximum absolute atomic E-state index is 12.8. The van der Waals surface area contributed by atoms with Crippen LogP contribution in [-0.2, 0) is 14.3 Å². The summed E-state index contributed by atoms with van der Waals surface area (Å²) in [5.74, 6) is -1.04. The molecular weight excluding hydrogens is 237 g/mol. The third kappa shape index (κ3) is 4.53. The number of nitrogens with one attached hydrogen (secondary N) is 1. The highest BCUT2D eigenvalue weighted by atomic mass is 19.1. The van der Waals surface area contributed by atoms with E-state index in [9.17, 15) is 14.0 Å². The van der Waals surface area contributed by atoms with Crippen molar-refractivity contribution in [2.45, 2.75) is 26.7 Å². The van der Waals surface area contributed by atoms with Crippen molar-refractivity contribution in [1.82, 2.24) is 0 Å². The lowest BCUT2D eigenvalue weighted by atomic mass is 10.2. The third-order valence-corrected chi connectivity index (χ3v) is 2.32. The Morgan fingerprint density at radius 3 is 2.67 bits per heavy atom. The summed E-state index contributed by atoms with van der Waals surface area (Å²) in [5, 5.41) is 2.62. The maximum atomic E-state index is 12.8. The molecule has 0 radical (unpaired) electrons. The normalized spacial score (nSPS) is 9.94. The van der Waals surface area contributed by atoms with Gasteiger partial charge in [0, 0.05) is 12.1 Å². The van der Waals surface area contributed by atoms with Crippen LogP contribution in [0.2, 0.25) is 0 Å². The van der Waals surface area contributed by atoms with Crippen molar-refractivity contribution in [3.63, 3.8) is 0 Å². The van der Waals surface area contributed by atoms with Gasteiger partial charge < -0.3 is 10.1 Å². The number of anilines is 1. The Morgan fingerprint density at radius 1 is 1.33 bits per heavy atom. The molecule has 1 aromatic carbocycles. The predicted octanol–water partition coefficient (Wildman–Crippen LogP) is 2.42. The Labute approximate surface area is 105 Å². The highest BCUT2D eigenvalue weighted by Gasteiger charge is 2.09. The minimum atomic E-state index is -0.400. The molecule has 0 saturated carbocycles. The second-order valence-corrected chi connectivity index (χ2v) is 3.81. The Balaban J connectivity index is 2.47. The number of ether oxygens (including phenoxy) is 1. The van der Waals surface area contributed by atoms with Crippen LogP contribution >= 0.6 is 0 Å². The van der Waals surface area contributed by atoms with Gasteiger partial charge in [-0.3, -0.25) is 9.59 Å². The first kappa shape index (κ1) is 14.2. The van der Waals surface area contributed by atoms with Crippen molar-refractivity contribution in [3.8, 4) is 0 Å². The fourth-order valence-corrected chi connectivity index (χ4v) is 1.43. The molecule has 98 valence electrons. The Hall–Kier alpha value is -1.91. The van der Waals surface area contributed by atoms with Gasteiger partial charge in [-0.2, -0.15) is 0 Å². The number of esters is 1. The summed E-state index contributed by atoms with van der Waals surface area (Å²) in [4.78, 5) is 22.6. The SMILES string of the molecule is CCOC(=O)CCC(=O)Nc1ccc(F)cc1C. The number of hydrogen-bond donors (Lipinski definition) is 1. The molecule has 0 heterocycles. The van der Waals surface area contributed by atoms with E-state index in [2.05, 4.69) is 5.32 Å². The third-order valence-electron chi connectivity index (χ3n) is 2.32. The van der Waals surface area contributed by atoms with Crippen LogP contribution in [0.4, 0.5) is 10.1 Å². The number of amides is 1. The van der Waals surface area contributed by atoms with Gasteiger partial charge in [0.05, 0.1) is 13.0 Å². The number of hydrogen-bond acceptors (Lipinski definition) is 3. The first-order valence-electron chi connectivity index (χ1n) is 5.74. The molecule has 0 aliphatic rings. The second-order valence-electron chi connectivity index (χ2n) is 3.81. The molecular formula is C13H16FNO3. The number of rotatable bonds is 5. The largest absolute Gasteiger partial charge is 0.466 e. The van der Waals surface area contributed by atoms with Crippen LogP contribution in [-0.4, -0.2) is 18.5 Å². The van der Waals surface area contributed by atoms with Gasteiger partial charge in [0.2, 0.25) is 5.91 Å². The fourth-order valence-electron chi connectivity index (χ4n) is 1.43. The number of halogens is 1. The first-order valence-corrected chi connectivity index (χ1v) is 5.74. The summed E-state index contributed by atoms with van der Waals surface area (Å²) in [6.45, 7) is 3.71. The Kier molecular flexibility index (Phi) is 5.30. The zero-order valence-corrected chi connectivity index (χ0v) is 10.5. The van der Waals surface area contributed by atoms with Crippen LogP contribution < -0.4 is 5.32 Å². The highest BCUT2D eigenvalue weighted by molar-refractivity contribution is 5.93. The van der Waals surface area contributed by atoms with Gasteiger partial charge in [0.15, 0.2) is 0 Å². The van der Waals surface area contributed by atoms with Crippen molar-refractivity contribution in [3.05, 3.63) is 29.6 Å². The van der Waals surface area contributed by atoms with Gasteiger partial charge >= 0.3 is 5.97 Å². The zero-order valence-electron chi connectivity index (χ0n) is 10.5. The number of carbonyl (C=O) groups is 2. The van der Waals surface area contributed by atoms with Gasteiger partial charge in [-0.1, -0.05) is 0 Å². The van der Waals surface area contributed by atoms with Crippen molar-refractivity contribution < 1.29 is 18.7 Å². The van der Waals surface area contributed by atoms with E-state index >= 15 is 0 Å². The molecule has 0 atom stereocenters. The number of benzene rings is 1. The number of aryl methyl sites for hydroxylation is 1. The van der Waals surface area contributed by atoms with Crippen molar-refractivity contribution >= 4 is 17.6 Å². The van der Waals surface area contributed by atoms with Gasteiger partial charge in [-0.15, -0.1) is 0 Å². The van der Waals surface area contributed by atoms with E-state index in [0.29, 0.717) is 17.9 Å². The molecule has 1 N–H and O–H groups in total. The topological polar surface area (TPSA) is 55.4 Å². The van der Waals surface area contributed by atoms with Crippen LogP contribution in [0.3, 0.4) is 0 Å². The molecule has 0 aromatic heterocycles. The molecule has 0 saturated heterocycles. The van der Waals surface area contributed by atoms with E-state index < -0.39 is 5.97 Å². The summed E-state index contributed by atoms with van der Waals surface area (Å²) in [7, 11) is 0. The molecule has 0 aliphatic heterocycles. The smallest absolute Gasteiger partial charge is 0.306 e. The van der Waals surface area contributed by atoms with Gasteiger partial charge in [0.1, 0.15) is 5.82 Å². The summed E-state index contributed by atoms with van der Waals surface area (Å²) < 4.78 is 17.6. The van der Waals surface area contributed by atoms with Gasteiger partial charge in [-0.25, -0.2) is 4.39 Å². The van der Waals surface area contributed by atoms with Crippen molar-refractivity contribution in [2.75, 3.05) is 11.9 Å². The molecule has 1 aromatic rings. The van der Waals surface area contributed by atoms with Crippen LogP contribution in [0.15, 0.2) is 18.2 Å². The monoisotopic (exact) mass is 253 g/mol. The summed E-state index contributed by atoms with van der Waals surface area (Å²) in [6, 6.07) is 4.10. The van der Waals surface area contributed by atoms with Crippen LogP contribution in [0.5, 0.6) is 0 Å². The van der Waals surface area contributed by atoms with Crippen molar-refractivity contribution in [2.24, 2.45) is 0 Å². The molecule has 0 spiro atoms. The Bertz CT molecular complexity index is 446. The lowest BCUT2D eigenvalue weighted by Crippen LogP contribution is -2.15. The molecule has 0 aliphatic carbocycles. The summed E-state index contributed by atoms with van der Waals surface area (Å²) in [6.07, 6.45) is 0.0928. The first-order chi connectivity index (χ1) is 8.52. The molecule has 0 bridgehead atoms. The molecule has 0 fully saturated rings. The van der Waals surface area contributed by atoms with E-state index in [1.54, 1.807) is 13.8 Å². The van der Waals surface area contributed by atoms with E-state index in [4.69, 9.17) is 4.74 Å². The highest BCUT2D eigenvalue weighted by Crippen LogP contribution is 2.16. The average molecular weight is 253 g/mol. The minimum Gasteiger partial charge on any atom is -0.466 e. The lowest BCUT2D eigenvalue weighted by molar-refractivity contribution is -0.144. The molecule has 18 heavy (non-hydrogen) atoms. The standard InChI is InChI=1S/C13H16FNO3/c1-3-18-13(17)7-6-12(16)15-11-5-4-10(14)8-9(11)2/h4-5,8H,3,6-7H2,1-2H3,(H,15,16). The molecule has 5 heteroatoms. The lowest BCUT2D eigenvalue weighted by Gasteiger charge is -2.08. The summed E-state index contributed by atoms with van der Waals surface area (Å²) >= 11 is 0. The second kappa shape index (κ2) is 6.74. The van der Waals surface area contributed by atoms with Gasteiger partial charge in [-0.05, 0) is 37.6 Å². The molecule has 1 amide bonds. The van der Waals surface area contributed by atoms with Crippen LogP contribution in [0.25, 0.3) is 0 Å². The van der Waals surface area contributed by atoms with E-state index in [1.807, 2.05) is 0 Å². The minimum absolute atomic E-state index is 0.0416. The van der Waals surface area contributed by atoms with Gasteiger partial charge in [0.25, 0.3) is 0 Å². The molecule has 1 rings (SSSR count). The zero-order chi connectivity index (χ0) is 13.5. The summed E-state index contributed by atoms with van der Waals surface area (Å²) in [5.41, 5.74) is 1.18. The average Bonchev–Trinajstić information content (AvgIpc) is 2.31. The predicted molar refractivity (Wildman–Crippen MR) is 65.6 cm³/mol. The van der Waals surface area contributed by atoms with Crippen LogP contribution in [0, 0.1) is 12.7 Å². The van der Waals surface area contributed by atoms with E-state index in [0.717, 1.165) is 0 Å². The fraction of sp³-hybridized carbons (Fsp3) is 0.385. The number of carbonyl (C=O) groups excluding carboxylic acids is 2. The van der Waals surface area contributed by atoms with Crippen molar-refractivity contribution in [1.29, 1.82) is 0 Å².